The minimum Gasteiger partial charge on any atom is -0.354 e. The standard InChI is InChI=1S/C32H40ClF3N6/c1-23-6-3-8-27(9-4-7-24-10-13-29(38-21-24)41-18-16-40(2)17-19-41)39-31-30(23)37-14-5-15-42(31)22-25-20-26(32(34,35)36)11-12-28(25)33/h8,10-13,20-21,23H,3-7,9,14-19,22H2,1-2H3/b27-8-,39-31?. The maximum Gasteiger partial charge on any atom is 0.416 e. The lowest BCUT2D eigenvalue weighted by Crippen LogP contribution is -2.44. The van der Waals surface area contributed by atoms with E-state index in [1.165, 1.54) is 11.6 Å². The average molecular weight is 601 g/mol. The molecule has 5 rings (SSSR count). The fraction of sp³-hybridized carbons (Fsp3) is 0.531. The maximum absolute atomic E-state index is 13.5. The molecule has 0 saturated carbocycles. The molecular formula is C32H40ClF3N6. The van der Waals surface area contributed by atoms with Gasteiger partial charge in [0.1, 0.15) is 5.82 Å². The third kappa shape index (κ3) is 7.72. The van der Waals surface area contributed by atoms with Crippen molar-refractivity contribution in [1.29, 1.82) is 0 Å². The average Bonchev–Trinajstić information content (AvgIpc) is 3.15. The summed E-state index contributed by atoms with van der Waals surface area (Å²) in [7, 11) is 2.15. The fourth-order valence-electron chi connectivity index (χ4n) is 5.77. The Kier molecular flexibility index (Phi) is 9.88. The van der Waals surface area contributed by atoms with E-state index in [-0.39, 0.29) is 12.5 Å². The van der Waals surface area contributed by atoms with Gasteiger partial charge in [-0.05, 0) is 81.0 Å². The van der Waals surface area contributed by atoms with Gasteiger partial charge in [0.25, 0.3) is 0 Å². The van der Waals surface area contributed by atoms with Gasteiger partial charge in [-0.25, -0.2) is 9.98 Å². The number of nitrogens with zero attached hydrogens (tertiary/aromatic N) is 6. The fourth-order valence-corrected chi connectivity index (χ4v) is 5.95. The molecule has 0 aliphatic carbocycles. The molecule has 3 aliphatic heterocycles. The van der Waals surface area contributed by atoms with Gasteiger partial charge in [-0.1, -0.05) is 30.7 Å². The van der Waals surface area contributed by atoms with Crippen molar-refractivity contribution < 1.29 is 13.2 Å². The van der Waals surface area contributed by atoms with Crippen molar-refractivity contribution in [2.75, 3.05) is 51.2 Å². The van der Waals surface area contributed by atoms with Crippen LogP contribution in [0.2, 0.25) is 5.02 Å². The van der Waals surface area contributed by atoms with Crippen LogP contribution in [0, 0.1) is 5.92 Å². The molecular weight excluding hydrogens is 561 g/mol. The number of fused-ring (bicyclic) bond motifs is 1. The second-order valence-electron chi connectivity index (χ2n) is 11.6. The number of hydrogen-bond acceptors (Lipinski definition) is 6. The Bertz CT molecular complexity index is 1310. The summed E-state index contributed by atoms with van der Waals surface area (Å²) in [5.74, 6) is 2.03. The van der Waals surface area contributed by atoms with E-state index in [1.54, 1.807) is 0 Å². The summed E-state index contributed by atoms with van der Waals surface area (Å²) in [5.41, 5.74) is 2.92. The lowest BCUT2D eigenvalue weighted by atomic mass is 9.95. The first kappa shape index (κ1) is 30.5. The molecule has 226 valence electrons. The molecule has 1 aromatic heterocycles. The molecule has 6 nitrogen and oxygen atoms in total. The molecule has 0 amide bonds. The van der Waals surface area contributed by atoms with Crippen LogP contribution in [0.15, 0.2) is 58.3 Å². The molecule has 0 bridgehead atoms. The first-order valence-electron chi connectivity index (χ1n) is 15.0. The molecule has 10 heteroatoms. The van der Waals surface area contributed by atoms with Crippen LogP contribution in [0.1, 0.15) is 55.7 Å². The van der Waals surface area contributed by atoms with Gasteiger partial charge < -0.3 is 14.7 Å². The summed E-state index contributed by atoms with van der Waals surface area (Å²) in [5, 5.41) is 0.327. The topological polar surface area (TPSA) is 47.3 Å². The van der Waals surface area contributed by atoms with Crippen molar-refractivity contribution in [2.24, 2.45) is 15.9 Å². The SMILES string of the molecule is CC1CC/C=C(/CCCc2ccc(N3CCN(C)CC3)nc2)N=C2C1=NCCCN2Cc1cc(C(F)(F)F)ccc1Cl. The third-order valence-electron chi connectivity index (χ3n) is 8.36. The van der Waals surface area contributed by atoms with E-state index < -0.39 is 11.7 Å². The van der Waals surface area contributed by atoms with Crippen molar-refractivity contribution >= 4 is 29.0 Å². The molecule has 1 atom stereocenters. The number of allylic oxidation sites excluding steroid dienone is 2. The first-order valence-corrected chi connectivity index (χ1v) is 15.4. The number of likely N-dealkylation sites (N-methyl/N-ethyl adjacent to an activating group) is 1. The van der Waals surface area contributed by atoms with Crippen molar-refractivity contribution in [1.82, 2.24) is 14.8 Å². The van der Waals surface area contributed by atoms with E-state index in [1.807, 2.05) is 6.20 Å². The number of amidine groups is 1. The molecule has 2 aromatic rings. The van der Waals surface area contributed by atoms with E-state index in [9.17, 15) is 13.2 Å². The second-order valence-corrected chi connectivity index (χ2v) is 12.0. The van der Waals surface area contributed by atoms with Gasteiger partial charge >= 0.3 is 6.18 Å². The summed E-state index contributed by atoms with van der Waals surface area (Å²) in [6.07, 6.45) is 5.11. The quantitative estimate of drug-likeness (QED) is 0.347. The van der Waals surface area contributed by atoms with Crippen LogP contribution in [0.5, 0.6) is 0 Å². The normalized spacial score (nSPS) is 21.9. The van der Waals surface area contributed by atoms with E-state index in [0.29, 0.717) is 23.7 Å². The van der Waals surface area contributed by atoms with E-state index in [4.69, 9.17) is 26.6 Å². The Morgan fingerprint density at radius 1 is 1.02 bits per heavy atom. The summed E-state index contributed by atoms with van der Waals surface area (Å²) in [4.78, 5) is 21.5. The van der Waals surface area contributed by atoms with Crippen molar-refractivity contribution in [3.8, 4) is 0 Å². The summed E-state index contributed by atoms with van der Waals surface area (Å²) < 4.78 is 40.4. The van der Waals surface area contributed by atoms with Crippen LogP contribution in [-0.4, -0.2) is 72.6 Å². The van der Waals surface area contributed by atoms with Crippen LogP contribution in [-0.2, 0) is 19.1 Å². The minimum absolute atomic E-state index is 0.212. The van der Waals surface area contributed by atoms with Crippen molar-refractivity contribution in [3.05, 3.63) is 70.0 Å². The number of hydrogen-bond donors (Lipinski definition) is 0. The molecule has 0 N–H and O–H groups in total. The highest BCUT2D eigenvalue weighted by Crippen LogP contribution is 2.33. The zero-order valence-corrected chi connectivity index (χ0v) is 25.3. The molecule has 0 spiro atoms. The predicted molar refractivity (Wildman–Crippen MR) is 165 cm³/mol. The number of aromatic nitrogens is 1. The Morgan fingerprint density at radius 3 is 2.57 bits per heavy atom. The number of anilines is 1. The smallest absolute Gasteiger partial charge is 0.354 e. The predicted octanol–water partition coefficient (Wildman–Crippen LogP) is 6.89. The summed E-state index contributed by atoms with van der Waals surface area (Å²) in [6, 6.07) is 7.84. The van der Waals surface area contributed by atoms with Crippen LogP contribution in [0.4, 0.5) is 19.0 Å². The van der Waals surface area contributed by atoms with Gasteiger partial charge in [-0.3, -0.25) is 4.99 Å². The monoisotopic (exact) mass is 600 g/mol. The lowest BCUT2D eigenvalue weighted by Gasteiger charge is -2.33. The van der Waals surface area contributed by atoms with Gasteiger partial charge in [0.15, 0.2) is 5.84 Å². The van der Waals surface area contributed by atoms with E-state index >= 15 is 0 Å². The minimum atomic E-state index is -4.42. The number of pyridine rings is 1. The highest BCUT2D eigenvalue weighted by atomic mass is 35.5. The van der Waals surface area contributed by atoms with Gasteiger partial charge in [0.05, 0.1) is 11.3 Å². The lowest BCUT2D eigenvalue weighted by molar-refractivity contribution is -0.137. The molecule has 0 radical (unpaired) electrons. The number of aryl methyl sites for hydroxylation is 1. The summed E-state index contributed by atoms with van der Waals surface area (Å²) >= 11 is 6.40. The highest BCUT2D eigenvalue weighted by molar-refractivity contribution is 6.42. The molecule has 1 fully saturated rings. The Hall–Kier alpha value is -2.91. The number of aliphatic imine (C=N–C) groups is 2. The second kappa shape index (κ2) is 13.6. The van der Waals surface area contributed by atoms with Crippen LogP contribution in [0.3, 0.4) is 0 Å². The van der Waals surface area contributed by atoms with Crippen molar-refractivity contribution in [3.63, 3.8) is 0 Å². The Balaban J connectivity index is 1.29. The molecule has 4 heterocycles. The highest BCUT2D eigenvalue weighted by Gasteiger charge is 2.32. The van der Waals surface area contributed by atoms with E-state index in [2.05, 4.69) is 46.9 Å². The van der Waals surface area contributed by atoms with E-state index in [0.717, 1.165) is 99.9 Å². The van der Waals surface area contributed by atoms with Gasteiger partial charge in [-0.2, -0.15) is 13.2 Å². The Morgan fingerprint density at radius 2 is 1.83 bits per heavy atom. The maximum atomic E-state index is 13.5. The molecule has 3 aliphatic rings. The molecule has 42 heavy (non-hydrogen) atoms. The number of benzene rings is 1. The number of halogens is 4. The van der Waals surface area contributed by atoms with Crippen LogP contribution in [0.25, 0.3) is 0 Å². The number of rotatable bonds is 7. The largest absolute Gasteiger partial charge is 0.416 e. The van der Waals surface area contributed by atoms with Crippen LogP contribution < -0.4 is 4.90 Å². The molecule has 1 unspecified atom stereocenters. The van der Waals surface area contributed by atoms with Crippen LogP contribution >= 0.6 is 11.6 Å². The van der Waals surface area contributed by atoms with Gasteiger partial charge in [0.2, 0.25) is 0 Å². The zero-order chi connectivity index (χ0) is 29.7. The molecule has 1 saturated heterocycles. The number of piperazine rings is 1. The summed E-state index contributed by atoms with van der Waals surface area (Å²) in [6.45, 7) is 7.86. The van der Waals surface area contributed by atoms with Gasteiger partial charge in [-0.15, -0.1) is 0 Å². The number of alkyl halides is 3. The Labute approximate surface area is 252 Å². The van der Waals surface area contributed by atoms with Crippen molar-refractivity contribution in [2.45, 2.75) is 58.2 Å². The first-order chi connectivity index (χ1) is 20.2. The zero-order valence-electron chi connectivity index (χ0n) is 24.5. The molecule has 1 aromatic carbocycles. The third-order valence-corrected chi connectivity index (χ3v) is 8.73. The van der Waals surface area contributed by atoms with Gasteiger partial charge in [0, 0.05) is 68.6 Å².